The minimum absolute atomic E-state index is 0.165. The lowest BCUT2D eigenvalue weighted by molar-refractivity contribution is -0.127. The van der Waals surface area contributed by atoms with Gasteiger partial charge in [-0.05, 0) is 37.1 Å². The molecule has 1 rings (SSSR count). The molecule has 0 aliphatic rings. The van der Waals surface area contributed by atoms with Gasteiger partial charge in [-0.15, -0.1) is 0 Å². The fraction of sp³-hybridized carbons (Fsp3) is 0.533. The van der Waals surface area contributed by atoms with E-state index in [4.69, 9.17) is 4.74 Å². The third kappa shape index (κ3) is 5.65. The van der Waals surface area contributed by atoms with Crippen molar-refractivity contribution in [3.05, 3.63) is 24.3 Å². The molecule has 1 aromatic carbocycles. The molecule has 0 unspecified atom stereocenters. The van der Waals surface area contributed by atoms with E-state index in [0.717, 1.165) is 0 Å². The van der Waals surface area contributed by atoms with Gasteiger partial charge in [0.2, 0.25) is 10.0 Å². The molecule has 2 N–H and O–H groups in total. The molecule has 1 amide bonds. The van der Waals surface area contributed by atoms with Gasteiger partial charge in [0.15, 0.2) is 6.10 Å². The SMILES string of the molecule is CCNS(=O)(=O)c1ccc(O[C@H](C)C(=O)NCC(C)C)cc1. The molecule has 1 atom stereocenters. The zero-order valence-electron chi connectivity index (χ0n) is 13.4. The summed E-state index contributed by atoms with van der Waals surface area (Å²) >= 11 is 0. The topological polar surface area (TPSA) is 84.5 Å². The maximum atomic E-state index is 11.8. The fourth-order valence-electron chi connectivity index (χ4n) is 1.68. The molecule has 0 aromatic heterocycles. The third-order valence-electron chi connectivity index (χ3n) is 2.84. The molecule has 0 saturated heterocycles. The number of rotatable bonds is 8. The predicted molar refractivity (Wildman–Crippen MR) is 85.2 cm³/mol. The monoisotopic (exact) mass is 328 g/mol. The molecule has 0 radical (unpaired) electrons. The lowest BCUT2D eigenvalue weighted by atomic mass is 10.2. The van der Waals surface area contributed by atoms with Gasteiger partial charge in [0.1, 0.15) is 5.75 Å². The molecule has 6 nitrogen and oxygen atoms in total. The Labute approximate surface area is 132 Å². The molecule has 0 fully saturated rings. The van der Waals surface area contributed by atoms with Gasteiger partial charge < -0.3 is 10.1 Å². The highest BCUT2D eigenvalue weighted by atomic mass is 32.2. The number of amides is 1. The summed E-state index contributed by atoms with van der Waals surface area (Å²) in [5.74, 6) is 0.618. The Bertz CT molecular complexity index is 582. The molecule has 124 valence electrons. The molecular formula is C15H24N2O4S. The van der Waals surface area contributed by atoms with Gasteiger partial charge in [0.05, 0.1) is 4.90 Å². The number of ether oxygens (including phenoxy) is 1. The van der Waals surface area contributed by atoms with Crippen LogP contribution in [0.5, 0.6) is 5.75 Å². The van der Waals surface area contributed by atoms with Gasteiger partial charge in [-0.3, -0.25) is 4.79 Å². The number of benzene rings is 1. The second-order valence-corrected chi connectivity index (χ2v) is 7.14. The van der Waals surface area contributed by atoms with Crippen molar-refractivity contribution >= 4 is 15.9 Å². The highest BCUT2D eigenvalue weighted by molar-refractivity contribution is 7.89. The normalized spacial score (nSPS) is 13.0. The Kier molecular flexibility index (Phi) is 6.83. The van der Waals surface area contributed by atoms with Gasteiger partial charge in [-0.1, -0.05) is 20.8 Å². The minimum atomic E-state index is -3.47. The number of hydrogen-bond acceptors (Lipinski definition) is 4. The Morgan fingerprint density at radius 3 is 2.27 bits per heavy atom. The molecule has 0 saturated carbocycles. The van der Waals surface area contributed by atoms with Crippen LogP contribution < -0.4 is 14.8 Å². The molecule has 0 bridgehead atoms. The molecule has 0 spiro atoms. The van der Waals surface area contributed by atoms with Crippen molar-refractivity contribution in [1.29, 1.82) is 0 Å². The molecule has 1 aromatic rings. The van der Waals surface area contributed by atoms with Crippen molar-refractivity contribution < 1.29 is 17.9 Å². The Hall–Kier alpha value is -1.60. The van der Waals surface area contributed by atoms with E-state index in [1.165, 1.54) is 24.3 Å². The van der Waals surface area contributed by atoms with Crippen LogP contribution in [0, 0.1) is 5.92 Å². The standard InChI is InChI=1S/C15H24N2O4S/c1-5-17-22(19,20)14-8-6-13(7-9-14)21-12(4)15(18)16-10-11(2)3/h6-9,11-12,17H,5,10H2,1-4H3,(H,16,18)/t12-/m1/s1. The second kappa shape index (κ2) is 8.14. The minimum Gasteiger partial charge on any atom is -0.481 e. The number of carbonyl (C=O) groups is 1. The summed E-state index contributed by atoms with van der Waals surface area (Å²) in [5, 5.41) is 2.78. The number of sulfonamides is 1. The van der Waals surface area contributed by atoms with Crippen molar-refractivity contribution in [1.82, 2.24) is 10.0 Å². The smallest absolute Gasteiger partial charge is 0.260 e. The maximum absolute atomic E-state index is 11.8. The van der Waals surface area contributed by atoms with Gasteiger partial charge in [0.25, 0.3) is 5.91 Å². The van der Waals surface area contributed by atoms with Crippen LogP contribution in [-0.4, -0.2) is 33.5 Å². The zero-order valence-corrected chi connectivity index (χ0v) is 14.2. The number of hydrogen-bond donors (Lipinski definition) is 2. The number of carbonyl (C=O) groups excluding carboxylic acids is 1. The van der Waals surface area contributed by atoms with Gasteiger partial charge in [-0.2, -0.15) is 0 Å². The first kappa shape index (κ1) is 18.4. The summed E-state index contributed by atoms with van der Waals surface area (Å²) in [4.78, 5) is 12.0. The second-order valence-electron chi connectivity index (χ2n) is 5.37. The van der Waals surface area contributed by atoms with Crippen molar-refractivity contribution in [2.75, 3.05) is 13.1 Å². The Morgan fingerprint density at radius 2 is 1.77 bits per heavy atom. The highest BCUT2D eigenvalue weighted by Crippen LogP contribution is 2.17. The average Bonchev–Trinajstić information content (AvgIpc) is 2.45. The fourth-order valence-corrected chi connectivity index (χ4v) is 2.72. The molecule has 7 heteroatoms. The van der Waals surface area contributed by atoms with E-state index in [0.29, 0.717) is 24.8 Å². The van der Waals surface area contributed by atoms with E-state index in [-0.39, 0.29) is 10.8 Å². The first-order valence-corrected chi connectivity index (χ1v) is 8.78. The Morgan fingerprint density at radius 1 is 1.18 bits per heavy atom. The van der Waals surface area contributed by atoms with E-state index < -0.39 is 16.1 Å². The lowest BCUT2D eigenvalue weighted by Gasteiger charge is -2.16. The Balaban J connectivity index is 2.66. The average molecular weight is 328 g/mol. The highest BCUT2D eigenvalue weighted by Gasteiger charge is 2.16. The van der Waals surface area contributed by atoms with Gasteiger partial charge in [0, 0.05) is 13.1 Å². The third-order valence-corrected chi connectivity index (χ3v) is 4.40. The van der Waals surface area contributed by atoms with Crippen LogP contribution in [0.1, 0.15) is 27.7 Å². The van der Waals surface area contributed by atoms with E-state index in [1.54, 1.807) is 13.8 Å². The predicted octanol–water partition coefficient (Wildman–Crippen LogP) is 1.52. The molecule has 0 aliphatic heterocycles. The van der Waals surface area contributed by atoms with E-state index in [9.17, 15) is 13.2 Å². The maximum Gasteiger partial charge on any atom is 0.260 e. The van der Waals surface area contributed by atoms with Crippen LogP contribution in [0.15, 0.2) is 29.2 Å². The van der Waals surface area contributed by atoms with Crippen LogP contribution in [0.3, 0.4) is 0 Å². The van der Waals surface area contributed by atoms with E-state index >= 15 is 0 Å². The summed E-state index contributed by atoms with van der Waals surface area (Å²) in [5.41, 5.74) is 0. The summed E-state index contributed by atoms with van der Waals surface area (Å²) < 4.78 is 31.5. The molecular weight excluding hydrogens is 304 g/mol. The molecule has 0 heterocycles. The van der Waals surface area contributed by atoms with Gasteiger partial charge in [-0.25, -0.2) is 13.1 Å². The van der Waals surface area contributed by atoms with Gasteiger partial charge >= 0.3 is 0 Å². The summed E-state index contributed by atoms with van der Waals surface area (Å²) in [6.45, 7) is 8.30. The molecule has 22 heavy (non-hydrogen) atoms. The quantitative estimate of drug-likeness (QED) is 0.758. The first-order chi connectivity index (χ1) is 10.3. The number of nitrogens with one attached hydrogen (secondary N) is 2. The van der Waals surface area contributed by atoms with E-state index in [1.807, 2.05) is 13.8 Å². The van der Waals surface area contributed by atoms with Crippen molar-refractivity contribution in [3.8, 4) is 5.75 Å². The summed E-state index contributed by atoms with van der Waals surface area (Å²) in [6.07, 6.45) is -0.644. The molecule has 0 aliphatic carbocycles. The van der Waals surface area contributed by atoms with Crippen LogP contribution in [0.4, 0.5) is 0 Å². The first-order valence-electron chi connectivity index (χ1n) is 7.30. The zero-order chi connectivity index (χ0) is 16.8. The van der Waals surface area contributed by atoms with Crippen LogP contribution in [0.2, 0.25) is 0 Å². The summed E-state index contributed by atoms with van der Waals surface area (Å²) in [7, 11) is -3.47. The van der Waals surface area contributed by atoms with Crippen molar-refractivity contribution in [3.63, 3.8) is 0 Å². The van der Waals surface area contributed by atoms with Crippen LogP contribution in [0.25, 0.3) is 0 Å². The lowest BCUT2D eigenvalue weighted by Crippen LogP contribution is -2.38. The summed E-state index contributed by atoms with van der Waals surface area (Å²) in [6, 6.07) is 5.98. The van der Waals surface area contributed by atoms with Crippen LogP contribution >= 0.6 is 0 Å². The van der Waals surface area contributed by atoms with E-state index in [2.05, 4.69) is 10.0 Å². The van der Waals surface area contributed by atoms with Crippen molar-refractivity contribution in [2.24, 2.45) is 5.92 Å². The largest absolute Gasteiger partial charge is 0.481 e. The van der Waals surface area contributed by atoms with Crippen LogP contribution in [-0.2, 0) is 14.8 Å². The van der Waals surface area contributed by atoms with Crippen molar-refractivity contribution in [2.45, 2.75) is 38.7 Å².